The maximum absolute atomic E-state index is 12.4. The number of nitrogens with zero attached hydrogens (tertiary/aromatic N) is 3. The summed E-state index contributed by atoms with van der Waals surface area (Å²) in [5, 5.41) is 10.0. The van der Waals surface area contributed by atoms with Gasteiger partial charge in [0.25, 0.3) is 5.91 Å². The lowest BCUT2D eigenvalue weighted by atomic mass is 10.0. The average Bonchev–Trinajstić information content (AvgIpc) is 3.05. The molecule has 1 aliphatic rings. The molecule has 0 radical (unpaired) electrons. The Morgan fingerprint density at radius 2 is 2.39 bits per heavy atom. The van der Waals surface area contributed by atoms with Gasteiger partial charge in [0.2, 0.25) is 0 Å². The van der Waals surface area contributed by atoms with Crippen molar-refractivity contribution in [1.82, 2.24) is 25.4 Å². The number of hydrogen-bond donors (Lipinski definition) is 2. The highest BCUT2D eigenvalue weighted by Crippen LogP contribution is 2.14. The van der Waals surface area contributed by atoms with Crippen LogP contribution >= 0.6 is 0 Å². The number of rotatable bonds is 5. The van der Waals surface area contributed by atoms with Gasteiger partial charge in [-0.05, 0) is 37.4 Å². The van der Waals surface area contributed by atoms with Gasteiger partial charge in [-0.1, -0.05) is 13.0 Å². The number of amides is 1. The van der Waals surface area contributed by atoms with Crippen molar-refractivity contribution in [1.29, 1.82) is 0 Å². The van der Waals surface area contributed by atoms with Crippen molar-refractivity contribution in [3.63, 3.8) is 0 Å². The summed E-state index contributed by atoms with van der Waals surface area (Å²) in [4.78, 5) is 19.0. The Morgan fingerprint density at radius 3 is 3.17 bits per heavy atom. The molecular weight excluding hydrogens is 290 g/mol. The first-order valence-corrected chi connectivity index (χ1v) is 8.20. The van der Waals surface area contributed by atoms with Gasteiger partial charge in [0.05, 0.1) is 11.8 Å². The number of nitrogens with one attached hydrogen (secondary N) is 2. The van der Waals surface area contributed by atoms with Gasteiger partial charge in [-0.2, -0.15) is 5.10 Å². The Balaban J connectivity index is 1.57. The van der Waals surface area contributed by atoms with E-state index in [2.05, 4.69) is 31.5 Å². The SMILES string of the molecule is CCc1[nH]ncc1C(=O)N[C@@H]1CCCN(Cc2cccnc2)C1. The Morgan fingerprint density at radius 1 is 1.48 bits per heavy atom. The molecule has 0 spiro atoms. The van der Waals surface area contributed by atoms with E-state index in [4.69, 9.17) is 0 Å². The molecule has 0 unspecified atom stereocenters. The molecule has 2 N–H and O–H groups in total. The molecule has 122 valence electrons. The monoisotopic (exact) mass is 313 g/mol. The van der Waals surface area contributed by atoms with Gasteiger partial charge in [0.1, 0.15) is 0 Å². The van der Waals surface area contributed by atoms with Gasteiger partial charge in [-0.15, -0.1) is 0 Å². The van der Waals surface area contributed by atoms with Crippen LogP contribution in [0.5, 0.6) is 0 Å². The van der Waals surface area contributed by atoms with E-state index in [9.17, 15) is 4.79 Å². The summed E-state index contributed by atoms with van der Waals surface area (Å²) in [5.41, 5.74) is 2.77. The lowest BCUT2D eigenvalue weighted by Crippen LogP contribution is -2.47. The molecule has 1 amide bonds. The van der Waals surface area contributed by atoms with E-state index in [1.54, 1.807) is 12.4 Å². The first-order chi connectivity index (χ1) is 11.3. The van der Waals surface area contributed by atoms with Crippen LogP contribution in [0.2, 0.25) is 0 Å². The third kappa shape index (κ3) is 3.96. The van der Waals surface area contributed by atoms with Crippen LogP contribution in [0.1, 0.15) is 41.4 Å². The van der Waals surface area contributed by atoms with E-state index in [0.717, 1.165) is 44.6 Å². The minimum Gasteiger partial charge on any atom is -0.348 e. The number of aromatic nitrogens is 3. The van der Waals surface area contributed by atoms with E-state index in [1.165, 1.54) is 5.56 Å². The normalized spacial score (nSPS) is 18.7. The molecule has 1 aliphatic heterocycles. The van der Waals surface area contributed by atoms with Crippen LogP contribution in [-0.4, -0.2) is 45.1 Å². The molecule has 6 nitrogen and oxygen atoms in total. The Hall–Kier alpha value is -2.21. The molecule has 0 saturated carbocycles. The van der Waals surface area contributed by atoms with Crippen molar-refractivity contribution in [2.45, 2.75) is 38.8 Å². The van der Waals surface area contributed by atoms with Crippen molar-refractivity contribution < 1.29 is 4.79 Å². The van der Waals surface area contributed by atoms with Crippen molar-refractivity contribution in [2.24, 2.45) is 0 Å². The number of pyridine rings is 1. The molecule has 1 atom stereocenters. The summed E-state index contributed by atoms with van der Waals surface area (Å²) in [6.45, 7) is 4.83. The predicted molar refractivity (Wildman–Crippen MR) is 88.0 cm³/mol. The highest BCUT2D eigenvalue weighted by Gasteiger charge is 2.23. The molecule has 1 saturated heterocycles. The zero-order valence-corrected chi connectivity index (χ0v) is 13.5. The largest absolute Gasteiger partial charge is 0.348 e. The molecule has 0 aromatic carbocycles. The third-order valence-corrected chi connectivity index (χ3v) is 4.29. The van der Waals surface area contributed by atoms with Crippen molar-refractivity contribution >= 4 is 5.91 Å². The highest BCUT2D eigenvalue weighted by molar-refractivity contribution is 5.95. The molecule has 0 aliphatic carbocycles. The second-order valence-corrected chi connectivity index (χ2v) is 6.02. The summed E-state index contributed by atoms with van der Waals surface area (Å²) in [6.07, 6.45) is 8.21. The van der Waals surface area contributed by atoms with Gasteiger partial charge < -0.3 is 5.32 Å². The molecule has 6 heteroatoms. The summed E-state index contributed by atoms with van der Waals surface area (Å²) in [7, 11) is 0. The summed E-state index contributed by atoms with van der Waals surface area (Å²) in [5.74, 6) is -0.0242. The van der Waals surface area contributed by atoms with Gasteiger partial charge in [0.15, 0.2) is 0 Å². The maximum atomic E-state index is 12.4. The quantitative estimate of drug-likeness (QED) is 0.882. The summed E-state index contributed by atoms with van der Waals surface area (Å²) in [6, 6.07) is 4.24. The van der Waals surface area contributed by atoms with E-state index in [0.29, 0.717) is 5.56 Å². The van der Waals surface area contributed by atoms with E-state index >= 15 is 0 Å². The lowest BCUT2D eigenvalue weighted by molar-refractivity contribution is 0.0900. The van der Waals surface area contributed by atoms with Crippen LogP contribution in [0.15, 0.2) is 30.7 Å². The molecule has 3 rings (SSSR count). The van der Waals surface area contributed by atoms with Crippen LogP contribution in [0.3, 0.4) is 0 Å². The lowest BCUT2D eigenvalue weighted by Gasteiger charge is -2.33. The minimum absolute atomic E-state index is 0.0242. The Bertz CT molecular complexity index is 639. The molecule has 2 aromatic heterocycles. The minimum atomic E-state index is -0.0242. The van der Waals surface area contributed by atoms with E-state index in [1.807, 2.05) is 19.2 Å². The first kappa shape index (κ1) is 15.7. The second kappa shape index (κ2) is 7.37. The second-order valence-electron chi connectivity index (χ2n) is 6.02. The predicted octanol–water partition coefficient (Wildman–Crippen LogP) is 1.76. The number of aromatic amines is 1. The fourth-order valence-corrected chi connectivity index (χ4v) is 3.11. The number of hydrogen-bond acceptors (Lipinski definition) is 4. The van der Waals surface area contributed by atoms with Crippen LogP contribution in [0, 0.1) is 0 Å². The molecule has 2 aromatic rings. The molecule has 3 heterocycles. The molecule has 1 fully saturated rings. The number of likely N-dealkylation sites (tertiary alicyclic amines) is 1. The first-order valence-electron chi connectivity index (χ1n) is 8.20. The van der Waals surface area contributed by atoms with Gasteiger partial charge in [-0.25, -0.2) is 0 Å². The summed E-state index contributed by atoms with van der Waals surface area (Å²) >= 11 is 0. The topological polar surface area (TPSA) is 73.9 Å². The zero-order chi connectivity index (χ0) is 16.1. The number of aryl methyl sites for hydroxylation is 1. The Labute approximate surface area is 136 Å². The van der Waals surface area contributed by atoms with Crippen molar-refractivity contribution in [3.8, 4) is 0 Å². The van der Waals surface area contributed by atoms with Crippen LogP contribution < -0.4 is 5.32 Å². The third-order valence-electron chi connectivity index (χ3n) is 4.29. The molecule has 23 heavy (non-hydrogen) atoms. The zero-order valence-electron chi connectivity index (χ0n) is 13.5. The van der Waals surface area contributed by atoms with E-state index < -0.39 is 0 Å². The smallest absolute Gasteiger partial charge is 0.255 e. The van der Waals surface area contributed by atoms with Crippen LogP contribution in [-0.2, 0) is 13.0 Å². The molecule has 0 bridgehead atoms. The highest BCUT2D eigenvalue weighted by atomic mass is 16.1. The van der Waals surface area contributed by atoms with Gasteiger partial charge in [-0.3, -0.25) is 19.8 Å². The standard InChI is InChI=1S/C17H23N5O/c1-2-16-15(10-19-21-16)17(23)20-14-6-4-8-22(12-14)11-13-5-3-7-18-9-13/h3,5,7,9-10,14H,2,4,6,8,11-12H2,1H3,(H,19,21)(H,20,23)/t14-/m1/s1. The average molecular weight is 313 g/mol. The van der Waals surface area contributed by atoms with Crippen LogP contribution in [0.25, 0.3) is 0 Å². The fourth-order valence-electron chi connectivity index (χ4n) is 3.11. The summed E-state index contributed by atoms with van der Waals surface area (Å²) < 4.78 is 0. The Kier molecular flexibility index (Phi) is 5.02. The van der Waals surface area contributed by atoms with Gasteiger partial charge >= 0.3 is 0 Å². The number of piperidine rings is 1. The van der Waals surface area contributed by atoms with Crippen molar-refractivity contribution in [2.75, 3.05) is 13.1 Å². The number of carbonyl (C=O) groups excluding carboxylic acids is 1. The maximum Gasteiger partial charge on any atom is 0.255 e. The molecular formula is C17H23N5O. The number of carbonyl (C=O) groups is 1. The van der Waals surface area contributed by atoms with Crippen LogP contribution in [0.4, 0.5) is 0 Å². The number of H-pyrrole nitrogens is 1. The van der Waals surface area contributed by atoms with Crippen molar-refractivity contribution in [3.05, 3.63) is 47.5 Å². The fraction of sp³-hybridized carbons (Fsp3) is 0.471. The van der Waals surface area contributed by atoms with Gasteiger partial charge in [0, 0.05) is 37.2 Å². The van der Waals surface area contributed by atoms with E-state index in [-0.39, 0.29) is 11.9 Å².